The van der Waals surface area contributed by atoms with E-state index in [0.29, 0.717) is 12.1 Å². The lowest BCUT2D eigenvalue weighted by Gasteiger charge is -2.43. The molecule has 0 bridgehead atoms. The number of amides is 1. The van der Waals surface area contributed by atoms with Gasteiger partial charge < -0.3 is 15.0 Å². The number of fused-ring (bicyclic) bond motifs is 1. The van der Waals surface area contributed by atoms with Gasteiger partial charge in [-0.25, -0.2) is 4.98 Å². The summed E-state index contributed by atoms with van der Waals surface area (Å²) in [6.45, 7) is 6.10. The van der Waals surface area contributed by atoms with Crippen LogP contribution in [-0.2, 0) is 4.74 Å². The summed E-state index contributed by atoms with van der Waals surface area (Å²) in [5.74, 6) is 3.07. The Morgan fingerprint density at radius 1 is 1.17 bits per heavy atom. The topological polar surface area (TPSA) is 57.7 Å². The molecule has 3 saturated heterocycles. The van der Waals surface area contributed by atoms with Crippen LogP contribution < -0.4 is 10.2 Å². The molecule has 5 rings (SSSR count). The number of rotatable bonds is 5. The molecule has 3 aliphatic rings. The number of hydrogen-bond acceptors (Lipinski definition) is 6. The largest absolute Gasteiger partial charge is 0.379 e. The van der Waals surface area contributed by atoms with Gasteiger partial charge in [0.25, 0.3) is 5.91 Å². The van der Waals surface area contributed by atoms with Crippen molar-refractivity contribution < 1.29 is 9.53 Å². The van der Waals surface area contributed by atoms with Crippen LogP contribution in [0, 0.1) is 0 Å². The van der Waals surface area contributed by atoms with E-state index in [2.05, 4.69) is 15.1 Å². The Labute approximate surface area is 182 Å². The van der Waals surface area contributed by atoms with E-state index in [1.165, 1.54) is 0 Å². The maximum Gasteiger partial charge on any atom is 0.255 e. The van der Waals surface area contributed by atoms with Crippen molar-refractivity contribution in [3.63, 3.8) is 0 Å². The van der Waals surface area contributed by atoms with E-state index < -0.39 is 0 Å². The van der Waals surface area contributed by atoms with Crippen molar-refractivity contribution in [2.24, 2.45) is 0 Å². The standard InChI is InChI=1S/C23H30N4O2S/c28-22(24-16-23(7-14-30-17-23)27-10-12-29-13-11-27)19-15-18-5-1-2-6-20(18)25-21(19)26-8-3-4-9-26/h1-2,5-6,15H,3-4,7-14,16-17H2,(H,24,28). The molecule has 7 heteroatoms. The molecule has 0 saturated carbocycles. The molecular formula is C23H30N4O2S. The molecule has 30 heavy (non-hydrogen) atoms. The Kier molecular flexibility index (Phi) is 5.85. The summed E-state index contributed by atoms with van der Waals surface area (Å²) in [5, 5.41) is 4.32. The summed E-state index contributed by atoms with van der Waals surface area (Å²) in [6.07, 6.45) is 3.44. The Morgan fingerprint density at radius 3 is 2.73 bits per heavy atom. The lowest BCUT2D eigenvalue weighted by atomic mass is 9.95. The van der Waals surface area contributed by atoms with E-state index in [1.807, 2.05) is 42.1 Å². The molecule has 0 spiro atoms. The van der Waals surface area contributed by atoms with Gasteiger partial charge in [-0.3, -0.25) is 9.69 Å². The van der Waals surface area contributed by atoms with Crippen molar-refractivity contribution in [3.8, 4) is 0 Å². The van der Waals surface area contributed by atoms with Crippen LogP contribution in [-0.4, -0.2) is 78.8 Å². The minimum Gasteiger partial charge on any atom is -0.379 e. The molecule has 1 N–H and O–H groups in total. The second kappa shape index (κ2) is 8.73. The number of morpholine rings is 1. The average Bonchev–Trinajstić information content (AvgIpc) is 3.50. The van der Waals surface area contributed by atoms with E-state index in [4.69, 9.17) is 9.72 Å². The number of benzene rings is 1. The molecule has 1 aromatic carbocycles. The number of carbonyl (C=O) groups is 1. The van der Waals surface area contributed by atoms with Crippen LogP contribution in [0.5, 0.6) is 0 Å². The smallest absolute Gasteiger partial charge is 0.255 e. The zero-order valence-electron chi connectivity index (χ0n) is 17.4. The first-order valence-corrected chi connectivity index (χ1v) is 12.2. The van der Waals surface area contributed by atoms with Gasteiger partial charge in [-0.15, -0.1) is 0 Å². The molecule has 1 amide bonds. The van der Waals surface area contributed by atoms with E-state index in [0.717, 1.165) is 86.9 Å². The number of carbonyl (C=O) groups excluding carboxylic acids is 1. The Hall–Kier alpha value is -1.83. The number of nitrogens with one attached hydrogen (secondary N) is 1. The highest BCUT2D eigenvalue weighted by Gasteiger charge is 2.41. The van der Waals surface area contributed by atoms with Crippen LogP contribution in [0.1, 0.15) is 29.6 Å². The molecule has 6 nitrogen and oxygen atoms in total. The Bertz CT molecular complexity index is 903. The van der Waals surface area contributed by atoms with E-state index in [1.54, 1.807) is 0 Å². The molecule has 160 valence electrons. The van der Waals surface area contributed by atoms with Gasteiger partial charge in [0.1, 0.15) is 5.82 Å². The van der Waals surface area contributed by atoms with Gasteiger partial charge in [0.05, 0.1) is 24.3 Å². The molecule has 3 fully saturated rings. The fraction of sp³-hybridized carbons (Fsp3) is 0.565. The monoisotopic (exact) mass is 426 g/mol. The molecule has 0 radical (unpaired) electrons. The van der Waals surface area contributed by atoms with E-state index in [9.17, 15) is 4.79 Å². The van der Waals surface area contributed by atoms with Crippen LogP contribution in [0.2, 0.25) is 0 Å². The highest BCUT2D eigenvalue weighted by Crippen LogP contribution is 2.34. The van der Waals surface area contributed by atoms with Crippen LogP contribution >= 0.6 is 11.8 Å². The SMILES string of the molecule is O=C(NCC1(N2CCOCC2)CCSC1)c1cc2ccccc2nc1N1CCCC1. The zero-order valence-corrected chi connectivity index (χ0v) is 18.3. The van der Waals surface area contributed by atoms with Crippen LogP contribution in [0.25, 0.3) is 10.9 Å². The third-order valence-electron chi connectivity index (χ3n) is 6.70. The summed E-state index contributed by atoms with van der Waals surface area (Å²) in [5.41, 5.74) is 1.70. The van der Waals surface area contributed by atoms with Crippen molar-refractivity contribution in [3.05, 3.63) is 35.9 Å². The van der Waals surface area contributed by atoms with Gasteiger partial charge in [-0.2, -0.15) is 11.8 Å². The maximum absolute atomic E-state index is 13.4. The van der Waals surface area contributed by atoms with Crippen LogP contribution in [0.3, 0.4) is 0 Å². The average molecular weight is 427 g/mol. The lowest BCUT2D eigenvalue weighted by Crippen LogP contribution is -2.59. The molecule has 1 unspecified atom stereocenters. The van der Waals surface area contributed by atoms with Gasteiger partial charge >= 0.3 is 0 Å². The van der Waals surface area contributed by atoms with Crippen molar-refractivity contribution in [2.45, 2.75) is 24.8 Å². The maximum atomic E-state index is 13.4. The van der Waals surface area contributed by atoms with Crippen molar-refractivity contribution in [1.29, 1.82) is 0 Å². The predicted molar refractivity (Wildman–Crippen MR) is 123 cm³/mol. The summed E-state index contributed by atoms with van der Waals surface area (Å²) in [6, 6.07) is 10.1. The first-order chi connectivity index (χ1) is 14.8. The third-order valence-corrected chi connectivity index (χ3v) is 7.93. The second-order valence-corrected chi connectivity index (χ2v) is 9.66. The summed E-state index contributed by atoms with van der Waals surface area (Å²) >= 11 is 1.99. The number of pyridine rings is 1. The molecule has 1 atom stereocenters. The normalized spacial score (nSPS) is 25.1. The number of hydrogen-bond donors (Lipinski definition) is 1. The fourth-order valence-corrected chi connectivity index (χ4v) is 6.40. The summed E-state index contributed by atoms with van der Waals surface area (Å²) in [4.78, 5) is 23.1. The number of aromatic nitrogens is 1. The molecule has 1 aromatic heterocycles. The number of para-hydroxylation sites is 1. The highest BCUT2D eigenvalue weighted by molar-refractivity contribution is 7.99. The van der Waals surface area contributed by atoms with Crippen molar-refractivity contribution in [1.82, 2.24) is 15.2 Å². The number of thioether (sulfide) groups is 1. The molecule has 3 aliphatic heterocycles. The van der Waals surface area contributed by atoms with Gasteiger partial charge in [0, 0.05) is 49.4 Å². The second-order valence-electron chi connectivity index (χ2n) is 8.56. The lowest BCUT2D eigenvalue weighted by molar-refractivity contribution is -0.0129. The van der Waals surface area contributed by atoms with Crippen molar-refractivity contribution in [2.75, 3.05) is 62.3 Å². The zero-order chi connectivity index (χ0) is 20.4. The van der Waals surface area contributed by atoms with E-state index in [-0.39, 0.29) is 11.4 Å². The molecule has 0 aliphatic carbocycles. The quantitative estimate of drug-likeness (QED) is 0.794. The highest BCUT2D eigenvalue weighted by atomic mass is 32.2. The minimum atomic E-state index is -0.000289. The number of ether oxygens (including phenoxy) is 1. The van der Waals surface area contributed by atoms with Crippen LogP contribution in [0.15, 0.2) is 30.3 Å². The Morgan fingerprint density at radius 2 is 1.97 bits per heavy atom. The minimum absolute atomic E-state index is 0.000289. The summed E-state index contributed by atoms with van der Waals surface area (Å²) in [7, 11) is 0. The Balaban J connectivity index is 1.40. The molecule has 2 aromatic rings. The van der Waals surface area contributed by atoms with E-state index >= 15 is 0 Å². The van der Waals surface area contributed by atoms with Gasteiger partial charge in [-0.05, 0) is 37.1 Å². The molecular weight excluding hydrogens is 396 g/mol. The van der Waals surface area contributed by atoms with Gasteiger partial charge in [0.2, 0.25) is 0 Å². The van der Waals surface area contributed by atoms with Crippen LogP contribution in [0.4, 0.5) is 5.82 Å². The fourth-order valence-electron chi connectivity index (χ4n) is 4.92. The van der Waals surface area contributed by atoms with Crippen molar-refractivity contribution >= 4 is 34.4 Å². The number of nitrogens with zero attached hydrogens (tertiary/aromatic N) is 3. The molecule has 4 heterocycles. The first-order valence-electron chi connectivity index (χ1n) is 11.1. The summed E-state index contributed by atoms with van der Waals surface area (Å²) < 4.78 is 5.56. The van der Waals surface area contributed by atoms with Gasteiger partial charge in [0.15, 0.2) is 0 Å². The predicted octanol–water partition coefficient (Wildman–Crippen LogP) is 2.77. The van der Waals surface area contributed by atoms with Gasteiger partial charge in [-0.1, -0.05) is 18.2 Å². The third kappa shape index (κ3) is 3.90. The number of anilines is 1. The first kappa shape index (κ1) is 20.1.